The number of aromatic nitrogens is 1. The van der Waals surface area contributed by atoms with Crippen molar-refractivity contribution in [3.05, 3.63) is 40.2 Å². The van der Waals surface area contributed by atoms with Gasteiger partial charge in [-0.05, 0) is 18.8 Å². The van der Waals surface area contributed by atoms with Gasteiger partial charge in [0.05, 0.1) is 10.7 Å². The number of hydrogen-bond acceptors (Lipinski definition) is 3. The largest absolute Gasteiger partial charge is 0.326 e. The second kappa shape index (κ2) is 6.06. The molecule has 2 nitrogen and oxygen atoms in total. The molecule has 0 aliphatic heterocycles. The van der Waals surface area contributed by atoms with E-state index in [9.17, 15) is 0 Å². The Morgan fingerprint density at radius 1 is 1.15 bits per heavy atom. The monoisotopic (exact) mass is 286 g/mol. The SMILES string of the molecule is CC1CCC(c2nc(-c3ccccc3)c(CN)s2)CC1. The minimum absolute atomic E-state index is 0.588. The maximum atomic E-state index is 5.92. The van der Waals surface area contributed by atoms with Crippen LogP contribution in [0, 0.1) is 5.92 Å². The lowest BCUT2D eigenvalue weighted by Crippen LogP contribution is -2.10. The second-order valence-electron chi connectivity index (χ2n) is 5.85. The third-order valence-corrected chi connectivity index (χ3v) is 5.55. The molecule has 1 heterocycles. The first-order valence-corrected chi connectivity index (χ1v) is 8.34. The van der Waals surface area contributed by atoms with Gasteiger partial charge in [-0.25, -0.2) is 4.98 Å². The molecule has 0 saturated heterocycles. The van der Waals surface area contributed by atoms with Gasteiger partial charge in [0.25, 0.3) is 0 Å². The molecule has 0 spiro atoms. The first kappa shape index (κ1) is 13.8. The van der Waals surface area contributed by atoms with Crippen molar-refractivity contribution in [3.8, 4) is 11.3 Å². The second-order valence-corrected chi connectivity index (χ2v) is 6.97. The molecule has 0 radical (unpaired) electrons. The van der Waals surface area contributed by atoms with Crippen molar-refractivity contribution in [3.63, 3.8) is 0 Å². The highest BCUT2D eigenvalue weighted by molar-refractivity contribution is 7.12. The average Bonchev–Trinajstić information content (AvgIpc) is 2.93. The lowest BCUT2D eigenvalue weighted by atomic mass is 9.83. The molecular formula is C17H22N2S. The molecule has 0 amide bonds. The van der Waals surface area contributed by atoms with E-state index < -0.39 is 0 Å². The van der Waals surface area contributed by atoms with Gasteiger partial charge in [0.2, 0.25) is 0 Å². The quantitative estimate of drug-likeness (QED) is 0.898. The van der Waals surface area contributed by atoms with E-state index in [0.717, 1.165) is 11.6 Å². The summed E-state index contributed by atoms with van der Waals surface area (Å²) in [6.07, 6.45) is 5.24. The number of benzene rings is 1. The number of nitrogens with zero attached hydrogens (tertiary/aromatic N) is 1. The molecule has 106 valence electrons. The van der Waals surface area contributed by atoms with Gasteiger partial charge < -0.3 is 5.73 Å². The van der Waals surface area contributed by atoms with E-state index in [1.807, 2.05) is 17.4 Å². The fourth-order valence-corrected chi connectivity index (χ4v) is 4.15. The van der Waals surface area contributed by atoms with Gasteiger partial charge in [-0.1, -0.05) is 50.1 Å². The molecule has 0 bridgehead atoms. The minimum Gasteiger partial charge on any atom is -0.326 e. The smallest absolute Gasteiger partial charge is 0.0966 e. The van der Waals surface area contributed by atoms with Crippen LogP contribution in [0.3, 0.4) is 0 Å². The fraction of sp³-hybridized carbons (Fsp3) is 0.471. The van der Waals surface area contributed by atoms with Crippen LogP contribution in [0.4, 0.5) is 0 Å². The summed E-state index contributed by atoms with van der Waals surface area (Å²) in [5.74, 6) is 1.53. The Kier molecular flexibility index (Phi) is 4.18. The lowest BCUT2D eigenvalue weighted by Gasteiger charge is -2.24. The average molecular weight is 286 g/mol. The molecule has 1 aromatic carbocycles. The normalized spacial score (nSPS) is 22.9. The summed E-state index contributed by atoms with van der Waals surface area (Å²) in [7, 11) is 0. The van der Waals surface area contributed by atoms with Crippen LogP contribution in [0.5, 0.6) is 0 Å². The van der Waals surface area contributed by atoms with E-state index in [0.29, 0.717) is 12.5 Å². The highest BCUT2D eigenvalue weighted by Crippen LogP contribution is 2.39. The zero-order chi connectivity index (χ0) is 13.9. The Labute approximate surface area is 125 Å². The summed E-state index contributed by atoms with van der Waals surface area (Å²) in [6, 6.07) is 10.4. The van der Waals surface area contributed by atoms with Crippen molar-refractivity contribution in [2.75, 3.05) is 0 Å². The fourth-order valence-electron chi connectivity index (χ4n) is 3.01. The van der Waals surface area contributed by atoms with E-state index in [-0.39, 0.29) is 0 Å². The highest BCUT2D eigenvalue weighted by atomic mass is 32.1. The predicted molar refractivity (Wildman–Crippen MR) is 85.8 cm³/mol. The molecule has 3 rings (SSSR count). The van der Waals surface area contributed by atoms with Crippen LogP contribution in [0.15, 0.2) is 30.3 Å². The Morgan fingerprint density at radius 3 is 2.50 bits per heavy atom. The van der Waals surface area contributed by atoms with Crippen molar-refractivity contribution in [2.45, 2.75) is 45.1 Å². The van der Waals surface area contributed by atoms with E-state index in [2.05, 4.69) is 31.2 Å². The zero-order valence-corrected chi connectivity index (χ0v) is 12.8. The van der Waals surface area contributed by atoms with Crippen LogP contribution in [-0.2, 0) is 6.54 Å². The van der Waals surface area contributed by atoms with Crippen LogP contribution >= 0.6 is 11.3 Å². The molecule has 2 aromatic rings. The number of rotatable bonds is 3. The summed E-state index contributed by atoms with van der Waals surface area (Å²) < 4.78 is 0. The molecule has 1 aliphatic rings. The van der Waals surface area contributed by atoms with Crippen LogP contribution in [0.2, 0.25) is 0 Å². The van der Waals surface area contributed by atoms with Gasteiger partial charge in [-0.15, -0.1) is 11.3 Å². The molecule has 0 atom stereocenters. The van der Waals surface area contributed by atoms with Crippen molar-refractivity contribution in [1.82, 2.24) is 4.98 Å². The van der Waals surface area contributed by atoms with Crippen molar-refractivity contribution < 1.29 is 0 Å². The molecule has 1 aliphatic carbocycles. The zero-order valence-electron chi connectivity index (χ0n) is 12.0. The van der Waals surface area contributed by atoms with Crippen LogP contribution in [-0.4, -0.2) is 4.98 Å². The van der Waals surface area contributed by atoms with Crippen LogP contribution < -0.4 is 5.73 Å². The number of hydrogen-bond donors (Lipinski definition) is 1. The van der Waals surface area contributed by atoms with Gasteiger partial charge in [-0.2, -0.15) is 0 Å². The molecule has 0 unspecified atom stereocenters. The van der Waals surface area contributed by atoms with Crippen molar-refractivity contribution in [2.24, 2.45) is 11.7 Å². The number of thiazole rings is 1. The van der Waals surface area contributed by atoms with E-state index in [1.54, 1.807) is 0 Å². The Morgan fingerprint density at radius 2 is 1.85 bits per heavy atom. The predicted octanol–water partition coefficient (Wildman–Crippen LogP) is 4.56. The molecule has 2 N–H and O–H groups in total. The topological polar surface area (TPSA) is 38.9 Å². The van der Waals surface area contributed by atoms with Crippen molar-refractivity contribution >= 4 is 11.3 Å². The summed E-state index contributed by atoms with van der Waals surface area (Å²) >= 11 is 1.83. The molecule has 3 heteroatoms. The van der Waals surface area contributed by atoms with E-state index in [1.165, 1.54) is 41.1 Å². The van der Waals surface area contributed by atoms with E-state index in [4.69, 9.17) is 10.7 Å². The van der Waals surface area contributed by atoms with Gasteiger partial charge in [-0.3, -0.25) is 0 Å². The maximum absolute atomic E-state index is 5.92. The standard InChI is InChI=1S/C17H22N2S/c1-12-7-9-14(10-8-12)17-19-16(15(11-18)20-17)13-5-3-2-4-6-13/h2-6,12,14H,7-11,18H2,1H3. The third-order valence-electron chi connectivity index (χ3n) is 4.31. The third kappa shape index (κ3) is 2.79. The van der Waals surface area contributed by atoms with E-state index >= 15 is 0 Å². The van der Waals surface area contributed by atoms with Gasteiger partial charge in [0.15, 0.2) is 0 Å². The van der Waals surface area contributed by atoms with Crippen LogP contribution in [0.1, 0.15) is 48.4 Å². The van der Waals surface area contributed by atoms with Gasteiger partial charge in [0.1, 0.15) is 0 Å². The Bertz CT molecular complexity index is 554. The first-order valence-electron chi connectivity index (χ1n) is 7.53. The molecular weight excluding hydrogens is 264 g/mol. The Hall–Kier alpha value is -1.19. The molecule has 1 saturated carbocycles. The summed E-state index contributed by atoms with van der Waals surface area (Å²) in [5.41, 5.74) is 8.22. The summed E-state index contributed by atoms with van der Waals surface area (Å²) in [4.78, 5) is 6.17. The first-order chi connectivity index (χ1) is 9.78. The highest BCUT2D eigenvalue weighted by Gasteiger charge is 2.24. The maximum Gasteiger partial charge on any atom is 0.0966 e. The Balaban J connectivity index is 1.89. The summed E-state index contributed by atoms with van der Waals surface area (Å²) in [5, 5.41) is 1.30. The van der Waals surface area contributed by atoms with Gasteiger partial charge >= 0.3 is 0 Å². The summed E-state index contributed by atoms with van der Waals surface area (Å²) in [6.45, 7) is 2.95. The molecule has 1 fully saturated rings. The molecule has 20 heavy (non-hydrogen) atoms. The molecule has 1 aromatic heterocycles. The van der Waals surface area contributed by atoms with Crippen LogP contribution in [0.25, 0.3) is 11.3 Å². The lowest BCUT2D eigenvalue weighted by molar-refractivity contribution is 0.347. The van der Waals surface area contributed by atoms with Gasteiger partial charge in [0, 0.05) is 22.9 Å². The minimum atomic E-state index is 0.588. The number of nitrogens with two attached hydrogens (primary N) is 1. The van der Waals surface area contributed by atoms with Crippen molar-refractivity contribution in [1.29, 1.82) is 0 Å².